The first-order valence-corrected chi connectivity index (χ1v) is 5.94. The number of carbonyl (C=O) groups is 1. The van der Waals surface area contributed by atoms with Crippen LogP contribution in [0.5, 0.6) is 0 Å². The van der Waals surface area contributed by atoms with Crippen molar-refractivity contribution in [1.29, 1.82) is 0 Å². The second kappa shape index (κ2) is 12.8. The van der Waals surface area contributed by atoms with E-state index in [9.17, 15) is 4.79 Å². The average molecular weight is 252 g/mol. The second-order valence-corrected chi connectivity index (χ2v) is 3.12. The molecule has 0 unspecified atom stereocenters. The van der Waals surface area contributed by atoms with E-state index in [0.29, 0.717) is 39.6 Å². The quantitative estimate of drug-likeness (QED) is 0.330. The summed E-state index contributed by atoms with van der Waals surface area (Å²) in [6.45, 7) is 5.48. The molecule has 0 aromatic carbocycles. The van der Waals surface area contributed by atoms with Crippen LogP contribution < -0.4 is 0 Å². The van der Waals surface area contributed by atoms with Crippen LogP contribution in [0, 0.1) is 0 Å². The largest absolute Gasteiger partial charge is 0.463 e. The summed E-state index contributed by atoms with van der Waals surface area (Å²) in [6.07, 6.45) is 0. The number of thiol groups is 1. The predicted octanol–water partition coefficient (Wildman–Crippen LogP) is 0.529. The fourth-order valence-electron chi connectivity index (χ4n) is 0.844. The third-order valence-corrected chi connectivity index (χ3v) is 1.83. The monoisotopic (exact) mass is 252 g/mol. The molecule has 0 saturated carbocycles. The van der Waals surface area contributed by atoms with Crippen molar-refractivity contribution < 1.29 is 23.7 Å². The van der Waals surface area contributed by atoms with E-state index < -0.39 is 0 Å². The molecule has 0 rings (SSSR count). The Balaban J connectivity index is 2.96. The zero-order chi connectivity index (χ0) is 12.1. The Morgan fingerprint density at radius 3 is 1.94 bits per heavy atom. The lowest BCUT2D eigenvalue weighted by atomic mass is 10.7. The molecule has 0 atom stereocenters. The van der Waals surface area contributed by atoms with Crippen LogP contribution in [0.25, 0.3) is 0 Å². The summed E-state index contributed by atoms with van der Waals surface area (Å²) in [5.41, 5.74) is 0. The van der Waals surface area contributed by atoms with Gasteiger partial charge in [0.1, 0.15) is 6.61 Å². The Labute approximate surface area is 102 Å². The molecule has 0 aromatic rings. The Hall–Kier alpha value is -0.300. The van der Waals surface area contributed by atoms with Gasteiger partial charge in [0, 0.05) is 6.61 Å². The summed E-state index contributed by atoms with van der Waals surface area (Å²) in [5, 5.41) is 0. The van der Waals surface area contributed by atoms with Gasteiger partial charge in [-0.15, -0.1) is 0 Å². The number of hydrogen-bond acceptors (Lipinski definition) is 6. The van der Waals surface area contributed by atoms with Crippen molar-refractivity contribution in [1.82, 2.24) is 0 Å². The molecule has 0 aliphatic rings. The van der Waals surface area contributed by atoms with Crippen LogP contribution in [0.15, 0.2) is 0 Å². The number of esters is 1. The summed E-state index contributed by atoms with van der Waals surface area (Å²) in [7, 11) is 0. The van der Waals surface area contributed by atoms with Gasteiger partial charge in [0.05, 0.1) is 38.8 Å². The Bertz CT molecular complexity index is 165. The first-order chi connectivity index (χ1) is 7.81. The third-order valence-electron chi connectivity index (χ3n) is 1.57. The van der Waals surface area contributed by atoms with E-state index in [1.807, 2.05) is 6.92 Å². The van der Waals surface area contributed by atoms with E-state index in [1.165, 1.54) is 0 Å². The van der Waals surface area contributed by atoms with Gasteiger partial charge in [0.25, 0.3) is 0 Å². The lowest BCUT2D eigenvalue weighted by Gasteiger charge is -2.06. The van der Waals surface area contributed by atoms with Crippen LogP contribution in [0.3, 0.4) is 0 Å². The number of ether oxygens (including phenoxy) is 4. The third kappa shape index (κ3) is 11.8. The van der Waals surface area contributed by atoms with Crippen LogP contribution in [0.4, 0.5) is 0 Å². The van der Waals surface area contributed by atoms with Gasteiger partial charge in [-0.25, -0.2) is 0 Å². The first kappa shape index (κ1) is 15.7. The summed E-state index contributed by atoms with van der Waals surface area (Å²) in [4.78, 5) is 10.7. The molecule has 0 radical (unpaired) electrons. The predicted molar refractivity (Wildman–Crippen MR) is 62.9 cm³/mol. The van der Waals surface area contributed by atoms with E-state index in [4.69, 9.17) is 18.9 Å². The summed E-state index contributed by atoms with van der Waals surface area (Å²) in [6, 6.07) is 0. The lowest BCUT2D eigenvalue weighted by molar-refractivity contribution is -0.142. The van der Waals surface area contributed by atoms with Crippen molar-refractivity contribution in [3.05, 3.63) is 0 Å². The molecular weight excluding hydrogens is 232 g/mol. The summed E-state index contributed by atoms with van der Waals surface area (Å²) in [5.74, 6) is -0.236. The molecule has 0 bridgehead atoms. The summed E-state index contributed by atoms with van der Waals surface area (Å²) < 4.78 is 20.2. The van der Waals surface area contributed by atoms with E-state index >= 15 is 0 Å². The SMILES string of the molecule is CCOCCOCCOCCOC(=O)CS. The molecule has 0 fully saturated rings. The molecule has 0 spiro atoms. The number of rotatable bonds is 11. The van der Waals surface area contributed by atoms with E-state index in [2.05, 4.69) is 12.6 Å². The van der Waals surface area contributed by atoms with Crippen LogP contribution in [0.1, 0.15) is 6.92 Å². The molecule has 0 heterocycles. The van der Waals surface area contributed by atoms with Gasteiger partial charge in [-0.1, -0.05) is 0 Å². The highest BCUT2D eigenvalue weighted by Crippen LogP contribution is 1.84. The summed E-state index contributed by atoms with van der Waals surface area (Å²) >= 11 is 3.77. The molecular formula is C10H20O5S. The minimum atomic E-state index is -0.333. The van der Waals surface area contributed by atoms with Crippen molar-refractivity contribution in [2.24, 2.45) is 0 Å². The van der Waals surface area contributed by atoms with E-state index in [0.717, 1.165) is 0 Å². The standard InChI is InChI=1S/C10H20O5S/c1-2-12-3-4-13-5-6-14-7-8-15-10(11)9-16/h16H,2-9H2,1H3. The van der Waals surface area contributed by atoms with Crippen molar-refractivity contribution in [2.45, 2.75) is 6.92 Å². The maximum absolute atomic E-state index is 10.7. The van der Waals surface area contributed by atoms with Gasteiger partial charge < -0.3 is 18.9 Å². The smallest absolute Gasteiger partial charge is 0.315 e. The van der Waals surface area contributed by atoms with Gasteiger partial charge in [0.2, 0.25) is 0 Å². The van der Waals surface area contributed by atoms with Crippen LogP contribution >= 0.6 is 12.6 Å². The Kier molecular flexibility index (Phi) is 12.5. The van der Waals surface area contributed by atoms with Crippen LogP contribution in [-0.4, -0.2) is 58.0 Å². The highest BCUT2D eigenvalue weighted by atomic mass is 32.1. The Morgan fingerprint density at radius 2 is 1.44 bits per heavy atom. The molecule has 5 nitrogen and oxygen atoms in total. The molecule has 0 aliphatic heterocycles. The van der Waals surface area contributed by atoms with E-state index in [-0.39, 0.29) is 18.3 Å². The molecule has 0 aromatic heterocycles. The number of hydrogen-bond donors (Lipinski definition) is 1. The van der Waals surface area contributed by atoms with Gasteiger partial charge in [-0.05, 0) is 6.92 Å². The minimum Gasteiger partial charge on any atom is -0.463 e. The molecule has 96 valence electrons. The molecule has 0 N–H and O–H groups in total. The molecule has 0 aliphatic carbocycles. The number of carbonyl (C=O) groups excluding carboxylic acids is 1. The van der Waals surface area contributed by atoms with Gasteiger partial charge in [-0.3, -0.25) is 4.79 Å². The molecule has 6 heteroatoms. The topological polar surface area (TPSA) is 54.0 Å². The van der Waals surface area contributed by atoms with Gasteiger partial charge >= 0.3 is 5.97 Å². The highest BCUT2D eigenvalue weighted by molar-refractivity contribution is 7.81. The zero-order valence-corrected chi connectivity index (χ0v) is 10.5. The molecule has 0 saturated heterocycles. The van der Waals surface area contributed by atoms with Crippen LogP contribution in [-0.2, 0) is 23.7 Å². The lowest BCUT2D eigenvalue weighted by Crippen LogP contribution is -2.14. The van der Waals surface area contributed by atoms with E-state index in [1.54, 1.807) is 0 Å². The highest BCUT2D eigenvalue weighted by Gasteiger charge is 1.97. The molecule has 0 amide bonds. The van der Waals surface area contributed by atoms with Crippen molar-refractivity contribution in [3.63, 3.8) is 0 Å². The van der Waals surface area contributed by atoms with Crippen molar-refractivity contribution in [2.75, 3.05) is 52.0 Å². The second-order valence-electron chi connectivity index (χ2n) is 2.80. The molecule has 16 heavy (non-hydrogen) atoms. The zero-order valence-electron chi connectivity index (χ0n) is 9.65. The maximum Gasteiger partial charge on any atom is 0.315 e. The Morgan fingerprint density at radius 1 is 0.938 bits per heavy atom. The van der Waals surface area contributed by atoms with Gasteiger partial charge in [0.15, 0.2) is 0 Å². The minimum absolute atomic E-state index is 0.0978. The maximum atomic E-state index is 10.7. The average Bonchev–Trinajstić information content (AvgIpc) is 2.31. The normalized spacial score (nSPS) is 10.4. The fourth-order valence-corrected chi connectivity index (χ4v) is 0.936. The van der Waals surface area contributed by atoms with Crippen molar-refractivity contribution >= 4 is 18.6 Å². The van der Waals surface area contributed by atoms with Crippen molar-refractivity contribution in [3.8, 4) is 0 Å². The van der Waals surface area contributed by atoms with Gasteiger partial charge in [-0.2, -0.15) is 12.6 Å². The first-order valence-electron chi connectivity index (χ1n) is 5.31. The fraction of sp³-hybridized carbons (Fsp3) is 0.900. The van der Waals surface area contributed by atoms with Crippen LogP contribution in [0.2, 0.25) is 0 Å².